The topological polar surface area (TPSA) is 36.4 Å². The Bertz CT molecular complexity index is 1020. The molecule has 160 valence electrons. The lowest BCUT2D eigenvalue weighted by Crippen LogP contribution is -2.38. The van der Waals surface area contributed by atoms with Crippen molar-refractivity contribution in [2.24, 2.45) is 0 Å². The van der Waals surface area contributed by atoms with Crippen LogP contribution in [0.3, 0.4) is 0 Å². The third-order valence-corrected chi connectivity index (χ3v) is 7.16. The Kier molecular flexibility index (Phi) is 8.17. The average Bonchev–Trinajstić information content (AvgIpc) is 3.15. The van der Waals surface area contributed by atoms with Crippen LogP contribution in [0.4, 0.5) is 5.13 Å². The standard InChI is InChI=1S/C23H28ClN3OS2/c1-5-26(6-2)11-12-27(22(28)17-9-8-10-19(14-17)29-7-3)23-25-21-16(4)13-18(24)15-20(21)30-23/h8-10,13-15H,5-7,11-12H2,1-4H3. The number of aryl methyl sites for hydroxylation is 1. The molecule has 3 aromatic rings. The van der Waals surface area contributed by atoms with Crippen molar-refractivity contribution in [2.45, 2.75) is 32.6 Å². The first-order chi connectivity index (χ1) is 14.5. The third kappa shape index (κ3) is 5.35. The van der Waals surface area contributed by atoms with Crippen LogP contribution in [0.5, 0.6) is 0 Å². The summed E-state index contributed by atoms with van der Waals surface area (Å²) in [5.41, 5.74) is 2.63. The number of thiazole rings is 1. The van der Waals surface area contributed by atoms with Crippen LogP contribution in [0.2, 0.25) is 5.02 Å². The van der Waals surface area contributed by atoms with E-state index in [4.69, 9.17) is 16.6 Å². The Morgan fingerprint density at radius 1 is 1.13 bits per heavy atom. The molecule has 0 spiro atoms. The Balaban J connectivity index is 1.99. The Hall–Kier alpha value is -1.60. The minimum atomic E-state index is -0.0106. The predicted octanol–water partition coefficient (Wildman–Crippen LogP) is 6.36. The number of fused-ring (bicyclic) bond motifs is 1. The average molecular weight is 462 g/mol. The number of amides is 1. The number of rotatable bonds is 9. The molecule has 1 heterocycles. The molecule has 3 rings (SSSR count). The van der Waals surface area contributed by atoms with Crippen LogP contribution in [0, 0.1) is 6.92 Å². The number of nitrogens with zero attached hydrogens (tertiary/aromatic N) is 3. The van der Waals surface area contributed by atoms with Crippen molar-refractivity contribution in [1.82, 2.24) is 9.88 Å². The molecule has 0 aliphatic rings. The van der Waals surface area contributed by atoms with E-state index in [2.05, 4.69) is 25.7 Å². The number of anilines is 1. The lowest BCUT2D eigenvalue weighted by atomic mass is 10.2. The zero-order valence-corrected chi connectivity index (χ0v) is 20.3. The van der Waals surface area contributed by atoms with E-state index in [1.165, 1.54) is 11.3 Å². The number of likely N-dealkylation sites (N-methyl/N-ethyl adjacent to an activating group) is 1. The molecule has 0 aliphatic heterocycles. The normalized spacial score (nSPS) is 11.4. The fraction of sp³-hybridized carbons (Fsp3) is 0.391. The second-order valence-electron chi connectivity index (χ2n) is 7.01. The van der Waals surface area contributed by atoms with Gasteiger partial charge in [-0.25, -0.2) is 4.98 Å². The molecule has 0 saturated carbocycles. The van der Waals surface area contributed by atoms with E-state index < -0.39 is 0 Å². The van der Waals surface area contributed by atoms with E-state index >= 15 is 0 Å². The number of thioether (sulfide) groups is 1. The molecule has 30 heavy (non-hydrogen) atoms. The van der Waals surface area contributed by atoms with E-state index in [1.807, 2.05) is 48.2 Å². The molecule has 1 aromatic heterocycles. The van der Waals surface area contributed by atoms with Crippen LogP contribution in [-0.4, -0.2) is 47.7 Å². The van der Waals surface area contributed by atoms with Crippen molar-refractivity contribution < 1.29 is 4.79 Å². The maximum atomic E-state index is 13.6. The lowest BCUT2D eigenvalue weighted by Gasteiger charge is -2.25. The summed E-state index contributed by atoms with van der Waals surface area (Å²) >= 11 is 9.51. The zero-order valence-electron chi connectivity index (χ0n) is 17.9. The second kappa shape index (κ2) is 10.6. The van der Waals surface area contributed by atoms with Crippen LogP contribution in [-0.2, 0) is 0 Å². The van der Waals surface area contributed by atoms with Gasteiger partial charge in [0.15, 0.2) is 5.13 Å². The van der Waals surface area contributed by atoms with Gasteiger partial charge in [-0.2, -0.15) is 0 Å². The van der Waals surface area contributed by atoms with Crippen LogP contribution in [0.15, 0.2) is 41.3 Å². The van der Waals surface area contributed by atoms with Gasteiger partial charge >= 0.3 is 0 Å². The highest BCUT2D eigenvalue weighted by molar-refractivity contribution is 7.99. The summed E-state index contributed by atoms with van der Waals surface area (Å²) < 4.78 is 1.01. The molecular formula is C23H28ClN3OS2. The molecule has 7 heteroatoms. The van der Waals surface area contributed by atoms with E-state index in [0.717, 1.165) is 51.2 Å². The molecule has 0 aliphatic carbocycles. The van der Waals surface area contributed by atoms with Crippen LogP contribution in [0.1, 0.15) is 36.7 Å². The smallest absolute Gasteiger partial charge is 0.260 e. The van der Waals surface area contributed by atoms with Gasteiger partial charge in [-0.15, -0.1) is 11.8 Å². The maximum Gasteiger partial charge on any atom is 0.260 e. The maximum absolute atomic E-state index is 13.6. The summed E-state index contributed by atoms with van der Waals surface area (Å²) in [6, 6.07) is 11.7. The molecule has 1 amide bonds. The molecule has 4 nitrogen and oxygen atoms in total. The summed E-state index contributed by atoms with van der Waals surface area (Å²) in [6.45, 7) is 11.7. The number of halogens is 1. The van der Waals surface area contributed by atoms with Crippen LogP contribution < -0.4 is 4.90 Å². The quantitative estimate of drug-likeness (QED) is 0.347. The molecule has 0 saturated heterocycles. The van der Waals surface area contributed by atoms with Crippen molar-refractivity contribution in [1.29, 1.82) is 0 Å². The van der Waals surface area contributed by atoms with Gasteiger partial charge in [0, 0.05) is 28.6 Å². The lowest BCUT2D eigenvalue weighted by molar-refractivity contribution is 0.0983. The Labute approximate surface area is 192 Å². The fourth-order valence-electron chi connectivity index (χ4n) is 3.36. The highest BCUT2D eigenvalue weighted by Crippen LogP contribution is 2.34. The minimum Gasteiger partial charge on any atom is -0.302 e. The van der Waals surface area contributed by atoms with Crippen LogP contribution in [0.25, 0.3) is 10.2 Å². The predicted molar refractivity (Wildman–Crippen MR) is 132 cm³/mol. The first kappa shape index (κ1) is 23.1. The molecular weight excluding hydrogens is 434 g/mol. The Morgan fingerprint density at radius 2 is 1.90 bits per heavy atom. The van der Waals surface area contributed by atoms with E-state index in [-0.39, 0.29) is 5.91 Å². The summed E-state index contributed by atoms with van der Waals surface area (Å²) in [7, 11) is 0. The van der Waals surface area contributed by atoms with Gasteiger partial charge in [0.2, 0.25) is 0 Å². The van der Waals surface area contributed by atoms with Gasteiger partial charge in [-0.3, -0.25) is 9.69 Å². The van der Waals surface area contributed by atoms with E-state index in [9.17, 15) is 4.79 Å². The van der Waals surface area contributed by atoms with Gasteiger partial charge in [0.1, 0.15) is 0 Å². The van der Waals surface area contributed by atoms with E-state index in [1.54, 1.807) is 11.8 Å². The Morgan fingerprint density at radius 3 is 2.60 bits per heavy atom. The molecule has 2 aromatic carbocycles. The van der Waals surface area contributed by atoms with Crippen molar-refractivity contribution in [2.75, 3.05) is 36.8 Å². The largest absolute Gasteiger partial charge is 0.302 e. The zero-order chi connectivity index (χ0) is 21.7. The van der Waals surface area contributed by atoms with Gasteiger partial charge in [-0.1, -0.05) is 49.8 Å². The SMILES string of the molecule is CCSc1cccc(C(=O)N(CCN(CC)CC)c2nc3c(C)cc(Cl)cc3s2)c1. The number of hydrogen-bond donors (Lipinski definition) is 0. The third-order valence-electron chi connectivity index (χ3n) is 5.04. The molecule has 0 atom stereocenters. The number of hydrogen-bond acceptors (Lipinski definition) is 5. The van der Waals surface area contributed by atoms with Crippen molar-refractivity contribution >= 4 is 56.0 Å². The monoisotopic (exact) mass is 461 g/mol. The summed E-state index contributed by atoms with van der Waals surface area (Å²) in [5.74, 6) is 0.963. The molecule has 0 bridgehead atoms. The van der Waals surface area contributed by atoms with E-state index in [0.29, 0.717) is 17.1 Å². The second-order valence-corrected chi connectivity index (χ2v) is 9.79. The summed E-state index contributed by atoms with van der Waals surface area (Å²) in [4.78, 5) is 23.6. The van der Waals surface area contributed by atoms with Gasteiger partial charge in [-0.05, 0) is 61.7 Å². The van der Waals surface area contributed by atoms with Gasteiger partial charge < -0.3 is 4.90 Å². The number of carbonyl (C=O) groups excluding carboxylic acids is 1. The molecule has 0 unspecified atom stereocenters. The summed E-state index contributed by atoms with van der Waals surface area (Å²) in [6.07, 6.45) is 0. The molecule has 0 N–H and O–H groups in total. The van der Waals surface area contributed by atoms with Gasteiger partial charge in [0.05, 0.1) is 10.2 Å². The number of benzene rings is 2. The highest BCUT2D eigenvalue weighted by Gasteiger charge is 2.22. The van der Waals surface area contributed by atoms with Gasteiger partial charge in [0.25, 0.3) is 5.91 Å². The molecule has 0 radical (unpaired) electrons. The van der Waals surface area contributed by atoms with Crippen molar-refractivity contribution in [3.63, 3.8) is 0 Å². The van der Waals surface area contributed by atoms with Crippen molar-refractivity contribution in [3.8, 4) is 0 Å². The number of aromatic nitrogens is 1. The highest BCUT2D eigenvalue weighted by atomic mass is 35.5. The minimum absolute atomic E-state index is 0.0106. The number of carbonyl (C=O) groups is 1. The fourth-order valence-corrected chi connectivity index (χ4v) is 5.53. The first-order valence-corrected chi connectivity index (χ1v) is 12.5. The summed E-state index contributed by atoms with van der Waals surface area (Å²) in [5, 5.41) is 1.42. The van der Waals surface area contributed by atoms with Crippen LogP contribution >= 0.6 is 34.7 Å². The first-order valence-electron chi connectivity index (χ1n) is 10.3. The van der Waals surface area contributed by atoms with Crippen molar-refractivity contribution in [3.05, 3.63) is 52.5 Å². The molecule has 0 fully saturated rings.